The standard InChI is InChI=1S/C9H13FN2O.C7H9FN2O.C6H8N2O.2C2H6/c1-5(2)13-8-4-6(11)3-7(10)9(8)12;1-11-6-3-4(9)2-5(8)7(6)10;7-5-1-3-6(8-9)4-2-5;2*1-2/h3-5H,11-12H2,1-2H3;2-3H,9-10H2,1H3;1-4,8-9H,7H2;2*1-2H3/p+3. The molecule has 37 heavy (non-hydrogen) atoms. The van der Waals surface area contributed by atoms with Crippen molar-refractivity contribution in [3.05, 3.63) is 60.2 Å². The van der Waals surface area contributed by atoms with Crippen LogP contribution in [0.2, 0.25) is 0 Å². The molecule has 0 aliphatic rings. The second-order valence-corrected chi connectivity index (χ2v) is 7.14. The molecular weight excluding hydrogens is 482 g/mol. The van der Waals surface area contributed by atoms with Crippen molar-refractivity contribution in [2.24, 2.45) is 0 Å². The summed E-state index contributed by atoms with van der Waals surface area (Å²) in [6, 6.07) is 12.6. The van der Waals surface area contributed by atoms with Gasteiger partial charge in [-0.3, -0.25) is 0 Å². The minimum atomic E-state index is -0.546. The summed E-state index contributed by atoms with van der Waals surface area (Å²) in [5.41, 5.74) is 27.0. The van der Waals surface area contributed by atoms with E-state index in [-0.39, 0.29) is 23.3 Å². The van der Waals surface area contributed by atoms with Crippen molar-refractivity contribution in [1.29, 1.82) is 0 Å². The first kappa shape index (κ1) is 35.5. The third kappa shape index (κ3) is 13.9. The first-order valence-corrected chi connectivity index (χ1v) is 11.8. The maximum Gasteiger partial charge on any atom is 0.206 e. The van der Waals surface area contributed by atoms with Crippen molar-refractivity contribution < 1.29 is 40.4 Å². The average molecular weight is 528 g/mol. The molecule has 15 N–H and O–H groups in total. The van der Waals surface area contributed by atoms with Gasteiger partial charge in [0.05, 0.1) is 13.2 Å². The van der Waals surface area contributed by atoms with E-state index in [0.29, 0.717) is 28.6 Å². The minimum Gasteiger partial charge on any atom is -0.491 e. The number of benzene rings is 3. The number of rotatable bonds is 4. The van der Waals surface area contributed by atoms with Gasteiger partial charge in [0, 0.05) is 41.7 Å². The van der Waals surface area contributed by atoms with Crippen LogP contribution in [0.4, 0.5) is 42.9 Å². The number of quaternary nitrogens is 3. The number of nitrogen functional groups attached to an aromatic ring is 3. The summed E-state index contributed by atoms with van der Waals surface area (Å²) in [6.07, 6.45) is -0.0523. The van der Waals surface area contributed by atoms with Crippen LogP contribution in [0.5, 0.6) is 11.5 Å². The minimum absolute atomic E-state index is 0.00269. The second-order valence-electron chi connectivity index (χ2n) is 7.14. The Kier molecular flexibility index (Phi) is 18.8. The van der Waals surface area contributed by atoms with Gasteiger partial charge in [-0.15, -0.1) is 0 Å². The molecule has 0 saturated heterocycles. The van der Waals surface area contributed by atoms with Gasteiger partial charge in [-0.25, -0.2) is 9.60 Å². The van der Waals surface area contributed by atoms with Crippen molar-refractivity contribution >= 4 is 34.1 Å². The molecule has 0 aliphatic heterocycles. The molecule has 0 unspecified atom stereocenters. The number of ether oxygens (including phenoxy) is 2. The maximum absolute atomic E-state index is 13.0. The van der Waals surface area contributed by atoms with Gasteiger partial charge < -0.3 is 38.1 Å². The van der Waals surface area contributed by atoms with E-state index in [1.54, 1.807) is 30.3 Å². The van der Waals surface area contributed by atoms with E-state index in [0.717, 1.165) is 11.2 Å². The molecule has 3 aromatic carbocycles. The summed E-state index contributed by atoms with van der Waals surface area (Å²) in [5.74, 6) is -0.187. The van der Waals surface area contributed by atoms with E-state index in [9.17, 15) is 8.78 Å². The van der Waals surface area contributed by atoms with E-state index < -0.39 is 5.82 Å². The molecule has 0 atom stereocenters. The van der Waals surface area contributed by atoms with Crippen LogP contribution in [-0.2, 0) is 0 Å². The lowest BCUT2D eigenvalue weighted by atomic mass is 10.2. The molecule has 0 radical (unpaired) electrons. The fourth-order valence-electron chi connectivity index (χ4n) is 2.39. The average Bonchev–Trinajstić information content (AvgIpc) is 2.88. The quantitative estimate of drug-likeness (QED) is 0.201. The fourth-order valence-corrected chi connectivity index (χ4v) is 2.39. The van der Waals surface area contributed by atoms with Gasteiger partial charge in [0.2, 0.25) is 5.69 Å². The van der Waals surface area contributed by atoms with Gasteiger partial charge in [0.15, 0.2) is 23.1 Å². The van der Waals surface area contributed by atoms with Gasteiger partial charge in [-0.2, -0.15) is 9.87 Å². The highest BCUT2D eigenvalue weighted by Crippen LogP contribution is 2.28. The highest BCUT2D eigenvalue weighted by molar-refractivity contribution is 5.60. The number of hydrogen-bond donors (Lipinski definition) is 7. The van der Waals surface area contributed by atoms with Crippen LogP contribution in [0.3, 0.4) is 0 Å². The van der Waals surface area contributed by atoms with E-state index in [1.165, 1.54) is 25.3 Å². The molecule has 3 rings (SSSR count). The second kappa shape index (κ2) is 19.5. The Balaban J connectivity index is 0. The van der Waals surface area contributed by atoms with Crippen molar-refractivity contribution in [3.8, 4) is 11.5 Å². The summed E-state index contributed by atoms with van der Waals surface area (Å²) < 4.78 is 36.0. The topological polar surface area (TPSA) is 189 Å². The molecule has 0 spiro atoms. The summed E-state index contributed by atoms with van der Waals surface area (Å²) in [4.78, 5) is 0. The van der Waals surface area contributed by atoms with E-state index in [2.05, 4.69) is 11.5 Å². The van der Waals surface area contributed by atoms with Crippen LogP contribution in [0.15, 0.2) is 48.5 Å². The largest absolute Gasteiger partial charge is 0.491 e. The van der Waals surface area contributed by atoms with E-state index in [4.69, 9.17) is 31.9 Å². The van der Waals surface area contributed by atoms with Crippen molar-refractivity contribution in [2.45, 2.75) is 47.6 Å². The van der Waals surface area contributed by atoms with Gasteiger partial charge in [-0.05, 0) is 32.0 Å². The number of nitrogens with two attached hydrogens (primary N) is 4. The molecule has 3 aromatic rings. The fraction of sp³-hybridized carbons (Fsp3) is 0.308. The van der Waals surface area contributed by atoms with Crippen LogP contribution in [0, 0.1) is 11.6 Å². The zero-order valence-corrected chi connectivity index (χ0v) is 22.9. The lowest BCUT2D eigenvalue weighted by Crippen LogP contribution is -2.73. The van der Waals surface area contributed by atoms with Gasteiger partial charge in [0.1, 0.15) is 17.1 Å². The zero-order chi connectivity index (χ0) is 29.1. The summed E-state index contributed by atoms with van der Waals surface area (Å²) in [6.45, 7) is 11.7. The SMILES string of the molecule is CC.CC.CC(C)Oc1cc(N)cc(F)c1N.COc1cc([NH3+])cc(F)c1[NH3+].Nc1ccc([NH2+]O)cc1. The van der Waals surface area contributed by atoms with E-state index >= 15 is 0 Å². The molecule has 0 aliphatic carbocycles. The Morgan fingerprint density at radius 2 is 1.35 bits per heavy atom. The van der Waals surface area contributed by atoms with Crippen molar-refractivity contribution in [3.63, 3.8) is 0 Å². The van der Waals surface area contributed by atoms with Gasteiger partial charge >= 0.3 is 0 Å². The molecule has 0 bridgehead atoms. The highest BCUT2D eigenvalue weighted by atomic mass is 19.1. The Bertz CT molecular complexity index is 1040. The normalized spacial score (nSPS) is 9.22. The van der Waals surface area contributed by atoms with E-state index in [1.807, 2.05) is 41.5 Å². The zero-order valence-electron chi connectivity index (χ0n) is 22.9. The van der Waals surface area contributed by atoms with Gasteiger partial charge in [0.25, 0.3) is 0 Å². The molecule has 11 heteroatoms. The molecule has 0 heterocycles. The Hall–Kier alpha value is -3.64. The van der Waals surface area contributed by atoms with Crippen molar-refractivity contribution in [1.82, 2.24) is 0 Å². The smallest absolute Gasteiger partial charge is 0.206 e. The molecule has 208 valence electrons. The first-order chi connectivity index (χ1) is 17.5. The van der Waals surface area contributed by atoms with Crippen LogP contribution in [0.25, 0.3) is 0 Å². The summed E-state index contributed by atoms with van der Waals surface area (Å²) >= 11 is 0. The number of hydrogen-bond acceptors (Lipinski definition) is 6. The maximum atomic E-state index is 13.0. The summed E-state index contributed by atoms with van der Waals surface area (Å²) in [5, 5.41) is 8.46. The van der Waals surface area contributed by atoms with Crippen LogP contribution < -0.4 is 43.6 Å². The Morgan fingerprint density at radius 1 is 0.811 bits per heavy atom. The Labute approximate surface area is 218 Å². The first-order valence-electron chi connectivity index (χ1n) is 11.8. The third-order valence-corrected chi connectivity index (χ3v) is 4.00. The van der Waals surface area contributed by atoms with Crippen LogP contribution >= 0.6 is 0 Å². The molecular formula is C26H45F2N6O3+3. The summed E-state index contributed by atoms with van der Waals surface area (Å²) in [7, 11) is 1.48. The predicted molar refractivity (Wildman–Crippen MR) is 146 cm³/mol. The molecule has 9 nitrogen and oxygen atoms in total. The van der Waals surface area contributed by atoms with Gasteiger partial charge in [-0.1, -0.05) is 27.7 Å². The lowest BCUT2D eigenvalue weighted by Gasteiger charge is -2.12. The highest BCUT2D eigenvalue weighted by Gasteiger charge is 2.11. The number of halogens is 2. The third-order valence-electron chi connectivity index (χ3n) is 4.00. The monoisotopic (exact) mass is 527 g/mol. The molecule has 0 amide bonds. The molecule has 0 fully saturated rings. The van der Waals surface area contributed by atoms with Crippen molar-refractivity contribution in [2.75, 3.05) is 24.3 Å². The predicted octanol–water partition coefficient (Wildman–Crippen LogP) is 3.26. The number of anilines is 3. The lowest BCUT2D eigenvalue weighted by molar-refractivity contribution is -0.825. The Morgan fingerprint density at radius 3 is 1.81 bits per heavy atom. The molecule has 0 saturated carbocycles. The number of methoxy groups -OCH3 is 1. The van der Waals surface area contributed by atoms with Crippen LogP contribution in [-0.4, -0.2) is 18.4 Å². The molecule has 0 aromatic heterocycles. The van der Waals surface area contributed by atoms with Crippen LogP contribution in [0.1, 0.15) is 41.5 Å².